The van der Waals surface area contributed by atoms with E-state index in [1.165, 1.54) is 30.5 Å². The van der Waals surface area contributed by atoms with Crippen molar-refractivity contribution < 1.29 is 14.1 Å². The summed E-state index contributed by atoms with van der Waals surface area (Å²) in [6, 6.07) is 11.8. The number of hydrogen-bond acceptors (Lipinski definition) is 10. The monoisotopic (exact) mass is 438 g/mol. The Kier molecular flexibility index (Phi) is 6.41. The number of nitrogens with one attached hydrogen (secondary N) is 2. The van der Waals surface area contributed by atoms with Crippen molar-refractivity contribution in [2.75, 3.05) is 41.9 Å². The first kappa shape index (κ1) is 21.1. The largest absolute Gasteiger partial charge is 0.378 e. The first-order valence-electron chi connectivity index (χ1n) is 9.72. The van der Waals surface area contributed by atoms with Gasteiger partial charge in [-0.15, -0.1) is 0 Å². The Balaban J connectivity index is 1.55. The zero-order valence-electron chi connectivity index (χ0n) is 16.8. The standard InChI is InChI=1S/C20H19FN8O3/c21-15-3-1-14(2-4-15)13-22-27-19-24-18(23-16-5-7-17(8-6-16)29(30)31)25-20(26-19)28-9-11-32-12-10-28/h1-8,13H,9-12H2,(H2,23,24,25,26,27)/b22-13+. The molecule has 1 aromatic heterocycles. The molecule has 0 amide bonds. The molecular weight excluding hydrogens is 419 g/mol. The zero-order chi connectivity index (χ0) is 22.3. The van der Waals surface area contributed by atoms with E-state index in [0.29, 0.717) is 43.5 Å². The maximum atomic E-state index is 13.0. The van der Waals surface area contributed by atoms with Gasteiger partial charge in [0.05, 0.1) is 24.4 Å². The van der Waals surface area contributed by atoms with Gasteiger partial charge in [0, 0.05) is 30.9 Å². The lowest BCUT2D eigenvalue weighted by molar-refractivity contribution is -0.384. The molecule has 11 nitrogen and oxygen atoms in total. The molecule has 0 spiro atoms. The van der Waals surface area contributed by atoms with E-state index in [1.54, 1.807) is 24.3 Å². The van der Waals surface area contributed by atoms with Gasteiger partial charge in [-0.3, -0.25) is 10.1 Å². The first-order valence-corrected chi connectivity index (χ1v) is 9.72. The van der Waals surface area contributed by atoms with Crippen molar-refractivity contribution in [3.63, 3.8) is 0 Å². The highest BCUT2D eigenvalue weighted by atomic mass is 19.1. The van der Waals surface area contributed by atoms with Gasteiger partial charge >= 0.3 is 0 Å². The third-order valence-corrected chi connectivity index (χ3v) is 4.50. The minimum atomic E-state index is -0.468. The maximum absolute atomic E-state index is 13.0. The van der Waals surface area contributed by atoms with E-state index in [-0.39, 0.29) is 23.4 Å². The molecule has 3 aromatic rings. The number of rotatable bonds is 7. The fourth-order valence-electron chi connectivity index (χ4n) is 2.88. The van der Waals surface area contributed by atoms with E-state index in [1.807, 2.05) is 4.90 Å². The van der Waals surface area contributed by atoms with Crippen LogP contribution >= 0.6 is 0 Å². The number of ether oxygens (including phenoxy) is 1. The molecule has 0 bridgehead atoms. The van der Waals surface area contributed by atoms with E-state index in [0.717, 1.165) is 0 Å². The highest BCUT2D eigenvalue weighted by Crippen LogP contribution is 2.21. The van der Waals surface area contributed by atoms with Crippen molar-refractivity contribution in [3.05, 3.63) is 70.0 Å². The van der Waals surface area contributed by atoms with E-state index >= 15 is 0 Å². The lowest BCUT2D eigenvalue weighted by Gasteiger charge is -2.27. The minimum Gasteiger partial charge on any atom is -0.378 e. The Morgan fingerprint density at radius 2 is 1.72 bits per heavy atom. The van der Waals surface area contributed by atoms with Gasteiger partial charge in [-0.05, 0) is 29.8 Å². The van der Waals surface area contributed by atoms with Gasteiger partial charge < -0.3 is 15.0 Å². The highest BCUT2D eigenvalue weighted by molar-refractivity contribution is 5.79. The molecule has 1 aliphatic rings. The molecule has 0 radical (unpaired) electrons. The lowest BCUT2D eigenvalue weighted by Crippen LogP contribution is -2.37. The normalized spacial score (nSPS) is 13.8. The Morgan fingerprint density at radius 3 is 2.41 bits per heavy atom. The molecule has 0 saturated carbocycles. The smallest absolute Gasteiger partial charge is 0.269 e. The maximum Gasteiger partial charge on any atom is 0.269 e. The number of aromatic nitrogens is 3. The molecule has 1 fully saturated rings. The van der Waals surface area contributed by atoms with Crippen molar-refractivity contribution in [2.24, 2.45) is 5.10 Å². The van der Waals surface area contributed by atoms with Crippen LogP contribution in [0.25, 0.3) is 0 Å². The molecule has 4 rings (SSSR count). The second-order valence-electron chi connectivity index (χ2n) is 6.73. The average Bonchev–Trinajstić information content (AvgIpc) is 2.81. The van der Waals surface area contributed by atoms with E-state index in [4.69, 9.17) is 4.74 Å². The molecule has 164 valence electrons. The van der Waals surface area contributed by atoms with Gasteiger partial charge in [-0.25, -0.2) is 9.82 Å². The summed E-state index contributed by atoms with van der Waals surface area (Å²) < 4.78 is 18.4. The van der Waals surface area contributed by atoms with Crippen LogP contribution in [0.15, 0.2) is 53.6 Å². The number of nitro benzene ring substituents is 1. The van der Waals surface area contributed by atoms with E-state index in [9.17, 15) is 14.5 Å². The fraction of sp³-hybridized carbons (Fsp3) is 0.200. The second-order valence-corrected chi connectivity index (χ2v) is 6.73. The second kappa shape index (κ2) is 9.75. The van der Waals surface area contributed by atoms with E-state index < -0.39 is 4.92 Å². The Bertz CT molecular complexity index is 1100. The Labute approximate surface area is 182 Å². The van der Waals surface area contributed by atoms with Crippen molar-refractivity contribution in [3.8, 4) is 0 Å². The van der Waals surface area contributed by atoms with Crippen LogP contribution in [-0.4, -0.2) is 52.4 Å². The van der Waals surface area contributed by atoms with Crippen LogP contribution in [-0.2, 0) is 4.74 Å². The van der Waals surface area contributed by atoms with Gasteiger partial charge in [0.15, 0.2) is 0 Å². The number of benzene rings is 2. The molecule has 1 aliphatic heterocycles. The lowest BCUT2D eigenvalue weighted by atomic mass is 10.2. The zero-order valence-corrected chi connectivity index (χ0v) is 16.8. The molecule has 2 heterocycles. The minimum absolute atomic E-state index is 0.0160. The topological polar surface area (TPSA) is 131 Å². The van der Waals surface area contributed by atoms with Gasteiger partial charge in [0.1, 0.15) is 5.82 Å². The first-order chi connectivity index (χ1) is 15.6. The summed E-state index contributed by atoms with van der Waals surface area (Å²) in [5.41, 5.74) is 4.03. The number of non-ortho nitro benzene ring substituents is 1. The van der Waals surface area contributed by atoms with Crippen LogP contribution in [0.1, 0.15) is 5.56 Å². The summed E-state index contributed by atoms with van der Waals surface area (Å²) in [6.07, 6.45) is 1.51. The van der Waals surface area contributed by atoms with Crippen LogP contribution in [0.5, 0.6) is 0 Å². The van der Waals surface area contributed by atoms with E-state index in [2.05, 4.69) is 30.8 Å². The van der Waals surface area contributed by atoms with Crippen molar-refractivity contribution in [1.29, 1.82) is 0 Å². The van der Waals surface area contributed by atoms with Crippen LogP contribution in [0.2, 0.25) is 0 Å². The quantitative estimate of drug-likeness (QED) is 0.325. The van der Waals surface area contributed by atoms with Crippen molar-refractivity contribution in [1.82, 2.24) is 15.0 Å². The summed E-state index contributed by atoms with van der Waals surface area (Å²) in [5.74, 6) is 0.552. The van der Waals surface area contributed by atoms with Crippen molar-refractivity contribution >= 4 is 35.4 Å². The molecule has 32 heavy (non-hydrogen) atoms. The number of hydrazone groups is 1. The SMILES string of the molecule is O=[N+]([O-])c1ccc(Nc2nc(N/N=C/c3ccc(F)cc3)nc(N3CCOCC3)n2)cc1. The molecule has 2 aromatic carbocycles. The van der Waals surface area contributed by atoms with Crippen LogP contribution in [0.3, 0.4) is 0 Å². The number of hydrogen-bond donors (Lipinski definition) is 2. The summed E-state index contributed by atoms with van der Waals surface area (Å²) in [4.78, 5) is 25.5. The molecule has 2 N–H and O–H groups in total. The highest BCUT2D eigenvalue weighted by Gasteiger charge is 2.17. The molecule has 0 unspecified atom stereocenters. The number of halogens is 1. The Hall–Kier alpha value is -4.19. The third kappa shape index (κ3) is 5.49. The number of nitro groups is 1. The van der Waals surface area contributed by atoms with Crippen molar-refractivity contribution in [2.45, 2.75) is 0 Å². The van der Waals surface area contributed by atoms with Crippen LogP contribution in [0, 0.1) is 15.9 Å². The summed E-state index contributed by atoms with van der Waals surface area (Å²) in [7, 11) is 0. The third-order valence-electron chi connectivity index (χ3n) is 4.50. The molecule has 12 heteroatoms. The predicted octanol–water partition coefficient (Wildman–Crippen LogP) is 2.95. The van der Waals surface area contributed by atoms with Gasteiger partial charge in [-0.1, -0.05) is 12.1 Å². The molecule has 0 atom stereocenters. The van der Waals surface area contributed by atoms with Crippen LogP contribution in [0.4, 0.5) is 33.6 Å². The number of anilines is 4. The fourth-order valence-corrected chi connectivity index (χ4v) is 2.88. The summed E-state index contributed by atoms with van der Waals surface area (Å²) in [5, 5.41) is 18.0. The van der Waals surface area contributed by atoms with Crippen LogP contribution < -0.4 is 15.6 Å². The predicted molar refractivity (Wildman–Crippen MR) is 117 cm³/mol. The Morgan fingerprint density at radius 1 is 1.03 bits per heavy atom. The molecule has 0 aliphatic carbocycles. The summed E-state index contributed by atoms with van der Waals surface area (Å²) in [6.45, 7) is 2.36. The number of morpholine rings is 1. The average molecular weight is 438 g/mol. The number of nitrogens with zero attached hydrogens (tertiary/aromatic N) is 6. The molecular formula is C20H19FN8O3. The van der Waals surface area contributed by atoms with Gasteiger partial charge in [0.2, 0.25) is 17.8 Å². The molecule has 1 saturated heterocycles. The summed E-state index contributed by atoms with van der Waals surface area (Å²) >= 11 is 0. The van der Waals surface area contributed by atoms with Gasteiger partial charge in [-0.2, -0.15) is 20.1 Å². The van der Waals surface area contributed by atoms with Gasteiger partial charge in [0.25, 0.3) is 5.69 Å².